The molecule has 0 radical (unpaired) electrons. The second-order valence-electron chi connectivity index (χ2n) is 27.1. The lowest BCUT2D eigenvalue weighted by molar-refractivity contribution is -0.161. The molecule has 618 valence electrons. The second-order valence-corrected chi connectivity index (χ2v) is 30.0. The number of unbranched alkanes of at least 4 members (excludes halogenated alkanes) is 22. The molecule has 18 heteroatoms. The Kier molecular flexibility index (Phi) is 77.7. The minimum atomic E-state index is -4.96. The van der Waals surface area contributed by atoms with Gasteiger partial charge in [-0.1, -0.05) is 324 Å². The normalized spacial score (nSPS) is 14.9. The highest BCUT2D eigenvalue weighted by molar-refractivity contribution is 7.47. The van der Waals surface area contributed by atoms with Gasteiger partial charge in [-0.25, -0.2) is 9.13 Å². The van der Waals surface area contributed by atoms with Gasteiger partial charge >= 0.3 is 33.6 Å². The van der Waals surface area contributed by atoms with E-state index in [-0.39, 0.29) is 19.3 Å². The molecule has 0 aromatic heterocycles. The van der Waals surface area contributed by atoms with Gasteiger partial charge in [0.2, 0.25) is 0 Å². The molecular formula is C91H148O16P2. The Morgan fingerprint density at radius 1 is 0.257 bits per heavy atom. The summed E-state index contributed by atoms with van der Waals surface area (Å²) < 4.78 is 61.2. The number of carbonyl (C=O) groups is 3. The predicted molar refractivity (Wildman–Crippen MR) is 454 cm³/mol. The molecule has 4 N–H and O–H groups in total. The highest BCUT2D eigenvalue weighted by atomic mass is 31.2. The molecule has 0 aliphatic rings. The second kappa shape index (κ2) is 81.9. The average molecular weight is 1560 g/mol. The minimum absolute atomic E-state index is 0.0154. The van der Waals surface area contributed by atoms with Gasteiger partial charge in [-0.05, 0) is 154 Å². The van der Waals surface area contributed by atoms with Crippen LogP contribution in [0.4, 0.5) is 0 Å². The fourth-order valence-electron chi connectivity index (χ4n) is 10.6. The van der Waals surface area contributed by atoms with Gasteiger partial charge in [-0.15, -0.1) is 0 Å². The molecule has 0 fully saturated rings. The minimum Gasteiger partial charge on any atom is -0.463 e. The van der Waals surface area contributed by atoms with Crippen LogP contribution in [0.3, 0.4) is 0 Å². The summed E-state index contributed by atoms with van der Waals surface area (Å²) in [6.07, 6.45) is 108. The maximum atomic E-state index is 13.0. The zero-order chi connectivity index (χ0) is 79.4. The van der Waals surface area contributed by atoms with Crippen LogP contribution in [0.25, 0.3) is 0 Å². The predicted octanol–water partition coefficient (Wildman–Crippen LogP) is 25.1. The van der Waals surface area contributed by atoms with Gasteiger partial charge in [0.25, 0.3) is 0 Å². The van der Waals surface area contributed by atoms with Gasteiger partial charge < -0.3 is 34.2 Å². The highest BCUT2D eigenvalue weighted by Gasteiger charge is 2.29. The fourth-order valence-corrected chi connectivity index (χ4v) is 12.2. The van der Waals surface area contributed by atoms with Crippen molar-refractivity contribution in [3.63, 3.8) is 0 Å². The quantitative estimate of drug-likeness (QED) is 0.0146. The summed E-state index contributed by atoms with van der Waals surface area (Å²) in [6, 6.07) is 0. The Morgan fingerprint density at radius 3 is 0.752 bits per heavy atom. The van der Waals surface area contributed by atoms with Crippen LogP contribution in [0, 0.1) is 0 Å². The van der Waals surface area contributed by atoms with Crippen molar-refractivity contribution in [2.24, 2.45) is 0 Å². The zero-order valence-electron chi connectivity index (χ0n) is 67.6. The summed E-state index contributed by atoms with van der Waals surface area (Å²) in [5.74, 6) is -1.67. The Labute approximate surface area is 661 Å². The van der Waals surface area contributed by atoms with Crippen molar-refractivity contribution in [2.75, 3.05) is 39.6 Å². The maximum absolute atomic E-state index is 13.0. The van der Waals surface area contributed by atoms with E-state index < -0.39 is 91.5 Å². The fraction of sp³-hybridized carbons (Fsp3) is 0.615. The average Bonchev–Trinajstić information content (AvgIpc) is 0.906. The van der Waals surface area contributed by atoms with E-state index in [0.717, 1.165) is 161 Å². The number of esters is 3. The van der Waals surface area contributed by atoms with Crippen molar-refractivity contribution in [3.05, 3.63) is 194 Å². The SMILES string of the molecule is CC/C=C\C/C=C\C/C=C\C/C=C\C/C=C\C/C=C\CCCCCCCCC(=O)OCC(COP(=O)(O)OCC(O)COP(=O)(O)OCC(O)COC(=O)CCCCCCCCCCCCCCCCC/C=C\C/C=C\C/C=C\C/C=C\C/C=C\CC)OC(=O)CCC/C=C\C/C=C\C/C=C\C/C=C\C/C=C\CC. The van der Waals surface area contributed by atoms with Crippen LogP contribution in [-0.4, -0.2) is 95.9 Å². The molecule has 0 heterocycles. The first-order valence-electron chi connectivity index (χ1n) is 41.7. The molecule has 109 heavy (non-hydrogen) atoms. The van der Waals surface area contributed by atoms with Crippen molar-refractivity contribution in [3.8, 4) is 0 Å². The van der Waals surface area contributed by atoms with Crippen LogP contribution in [0.2, 0.25) is 0 Å². The first-order chi connectivity index (χ1) is 53.2. The van der Waals surface area contributed by atoms with E-state index in [1.165, 1.54) is 77.0 Å². The zero-order valence-corrected chi connectivity index (χ0v) is 69.4. The molecular weight excluding hydrogens is 1410 g/mol. The van der Waals surface area contributed by atoms with E-state index in [0.29, 0.717) is 25.7 Å². The molecule has 0 rings (SSSR count). The van der Waals surface area contributed by atoms with Crippen LogP contribution < -0.4 is 0 Å². The van der Waals surface area contributed by atoms with Crippen LogP contribution in [-0.2, 0) is 55.8 Å². The molecule has 0 saturated carbocycles. The Morgan fingerprint density at radius 2 is 0.468 bits per heavy atom. The van der Waals surface area contributed by atoms with E-state index >= 15 is 0 Å². The molecule has 5 atom stereocenters. The van der Waals surface area contributed by atoms with Gasteiger partial charge in [0.1, 0.15) is 25.4 Å². The summed E-state index contributed by atoms with van der Waals surface area (Å²) in [5, 5.41) is 20.7. The summed E-state index contributed by atoms with van der Waals surface area (Å²) >= 11 is 0. The van der Waals surface area contributed by atoms with E-state index in [2.05, 4.69) is 203 Å². The largest absolute Gasteiger partial charge is 0.472 e. The Hall–Kier alpha value is -5.61. The molecule has 5 unspecified atom stereocenters. The summed E-state index contributed by atoms with van der Waals surface area (Å²) in [5.41, 5.74) is 0. The third kappa shape index (κ3) is 83.2. The van der Waals surface area contributed by atoms with E-state index in [1.54, 1.807) is 0 Å². The van der Waals surface area contributed by atoms with Gasteiger partial charge in [0.05, 0.1) is 26.4 Å². The summed E-state index contributed by atoms with van der Waals surface area (Å²) in [7, 11) is -9.83. The monoisotopic (exact) mass is 1560 g/mol. The number of hydrogen-bond donors (Lipinski definition) is 4. The van der Waals surface area contributed by atoms with E-state index in [9.17, 15) is 43.5 Å². The summed E-state index contributed by atoms with van der Waals surface area (Å²) in [6.45, 7) is 2.25. The molecule has 16 nitrogen and oxygen atoms in total. The van der Waals surface area contributed by atoms with Gasteiger partial charge in [-0.2, -0.15) is 0 Å². The van der Waals surface area contributed by atoms with Gasteiger partial charge in [0.15, 0.2) is 6.10 Å². The Balaban J connectivity index is 4.60. The number of hydrogen-bond acceptors (Lipinski definition) is 14. The van der Waals surface area contributed by atoms with Crippen molar-refractivity contribution in [2.45, 2.75) is 322 Å². The molecule has 0 saturated heterocycles. The van der Waals surface area contributed by atoms with Crippen LogP contribution in [0.1, 0.15) is 303 Å². The van der Waals surface area contributed by atoms with Crippen molar-refractivity contribution in [1.29, 1.82) is 0 Å². The number of allylic oxidation sites excluding steroid dienone is 32. The lowest BCUT2D eigenvalue weighted by Crippen LogP contribution is -2.30. The van der Waals surface area contributed by atoms with Crippen LogP contribution in [0.15, 0.2) is 194 Å². The lowest BCUT2D eigenvalue weighted by Gasteiger charge is -2.21. The number of aliphatic hydroxyl groups is 2. The molecule has 0 aromatic carbocycles. The smallest absolute Gasteiger partial charge is 0.463 e. The summed E-state index contributed by atoms with van der Waals surface area (Å²) in [4.78, 5) is 58.7. The van der Waals surface area contributed by atoms with E-state index in [1.807, 2.05) is 12.2 Å². The van der Waals surface area contributed by atoms with Crippen molar-refractivity contribution < 1.29 is 75.8 Å². The third-order valence-electron chi connectivity index (χ3n) is 16.8. The number of phosphoric acid groups is 2. The molecule has 0 bridgehead atoms. The first kappa shape index (κ1) is 103. The Bertz CT molecular complexity index is 2760. The number of carbonyl (C=O) groups excluding carboxylic acids is 3. The molecule has 0 amide bonds. The number of aliphatic hydroxyl groups excluding tert-OH is 2. The lowest BCUT2D eigenvalue weighted by atomic mass is 10.0. The van der Waals surface area contributed by atoms with Crippen molar-refractivity contribution >= 4 is 33.6 Å². The molecule has 0 spiro atoms. The molecule has 0 aliphatic heterocycles. The number of ether oxygens (including phenoxy) is 3. The topological polar surface area (TPSA) is 231 Å². The molecule has 0 aromatic rings. The number of phosphoric ester groups is 2. The maximum Gasteiger partial charge on any atom is 0.472 e. The van der Waals surface area contributed by atoms with Gasteiger partial charge in [0, 0.05) is 19.3 Å². The first-order valence-corrected chi connectivity index (χ1v) is 44.7. The third-order valence-corrected chi connectivity index (χ3v) is 18.7. The van der Waals surface area contributed by atoms with Gasteiger partial charge in [-0.3, -0.25) is 32.5 Å². The van der Waals surface area contributed by atoms with Crippen LogP contribution in [0.5, 0.6) is 0 Å². The highest BCUT2D eigenvalue weighted by Crippen LogP contribution is 2.45. The van der Waals surface area contributed by atoms with Crippen LogP contribution >= 0.6 is 15.6 Å². The number of rotatable bonds is 77. The van der Waals surface area contributed by atoms with E-state index in [4.69, 9.17) is 32.3 Å². The molecule has 0 aliphatic carbocycles. The van der Waals surface area contributed by atoms with Crippen molar-refractivity contribution in [1.82, 2.24) is 0 Å². The standard InChI is InChI=1S/C91H148O16P2/c1-4-7-10-13-16-19-22-25-28-31-33-35-37-39-40-41-42-43-44-46-48-49-51-54-56-59-62-65-68-71-74-77-89(94)101-80-86(92)81-103-108(97,98)104-82-87(93)83-105-109(99,100)106-85-88(107-91(96)79-76-73-70-67-64-61-58-53-30-27-24-21-18-15-12-9-6-3)84-102-90(95)78-75-72-69-66-63-60-57-55-52-50-47-45-38-36-34-32-29-26-23-20-17-14-11-8-5-2/h7-12,16-21,25-30,33-36,39-40,45,47,52,55,58,61,67,70,86-88,92-93H,4-6,13-15,22-24,31-32,37-38,41-44,46,48-51,53-54,56-57,59-60,62-66,68-69,71-85H2,1-3H3,(H,97,98)(H,99,100)/b10-7-,11-8-,12-9-,19-16-,20-17-,21-18-,28-25-,29-26-,30-27-,35-33-,36-34-,40-39-,47-45-,55-52-,61-58-,70-67-.